The van der Waals surface area contributed by atoms with Gasteiger partial charge in [-0.05, 0) is 47.9 Å². The van der Waals surface area contributed by atoms with Crippen molar-refractivity contribution in [3.05, 3.63) is 80.4 Å². The molecule has 1 aromatic heterocycles. The number of nitrogens with one attached hydrogen (secondary N) is 1. The fourth-order valence-corrected chi connectivity index (χ4v) is 5.41. The minimum Gasteiger partial charge on any atom is -0.466 e. The number of methoxy groups -OCH3 is 1. The van der Waals surface area contributed by atoms with Crippen molar-refractivity contribution in [2.24, 2.45) is 4.99 Å². The quantitative estimate of drug-likeness (QED) is 0.607. The van der Waals surface area contributed by atoms with Crippen LogP contribution in [0.1, 0.15) is 29.8 Å². The summed E-state index contributed by atoms with van der Waals surface area (Å²) >= 11 is 3.04. The van der Waals surface area contributed by atoms with Crippen molar-refractivity contribution in [2.45, 2.75) is 25.8 Å². The summed E-state index contributed by atoms with van der Waals surface area (Å²) in [5, 5.41) is 7.46. The number of fused-ring (bicyclic) bond motifs is 1. The Bertz CT molecular complexity index is 1130. The Labute approximate surface area is 193 Å². The largest absolute Gasteiger partial charge is 0.466 e. The second-order valence-corrected chi connectivity index (χ2v) is 9.16. The van der Waals surface area contributed by atoms with Gasteiger partial charge < -0.3 is 15.0 Å². The first-order valence-electron chi connectivity index (χ1n) is 10.0. The highest BCUT2D eigenvalue weighted by Crippen LogP contribution is 2.44. The highest BCUT2D eigenvalue weighted by molar-refractivity contribution is 8.16. The number of allylic oxidation sites excluding steroid dienone is 1. The van der Waals surface area contributed by atoms with Gasteiger partial charge in [0.25, 0.3) is 0 Å². The molecule has 0 bridgehead atoms. The van der Waals surface area contributed by atoms with Gasteiger partial charge in [0.1, 0.15) is 5.82 Å². The van der Waals surface area contributed by atoms with Crippen molar-refractivity contribution in [1.82, 2.24) is 10.2 Å². The monoisotopic (exact) mass is 471 g/mol. The zero-order chi connectivity index (χ0) is 22.7. The Morgan fingerprint density at radius 1 is 1.28 bits per heavy atom. The summed E-state index contributed by atoms with van der Waals surface area (Å²) in [6.07, 6.45) is 0.893. The minimum atomic E-state index is -0.634. The number of esters is 1. The molecule has 2 aromatic rings. The molecule has 0 aliphatic carbocycles. The van der Waals surface area contributed by atoms with Crippen LogP contribution in [-0.2, 0) is 20.7 Å². The van der Waals surface area contributed by atoms with E-state index >= 15 is 0 Å². The average molecular weight is 472 g/mol. The highest BCUT2D eigenvalue weighted by atomic mass is 32.2. The van der Waals surface area contributed by atoms with Gasteiger partial charge >= 0.3 is 5.97 Å². The number of amidine groups is 1. The second-order valence-electron chi connectivity index (χ2n) is 7.30. The molecule has 1 amide bonds. The number of ether oxygens (including phenoxy) is 1. The van der Waals surface area contributed by atoms with Crippen molar-refractivity contribution >= 4 is 40.1 Å². The van der Waals surface area contributed by atoms with Crippen molar-refractivity contribution in [3.8, 4) is 0 Å². The van der Waals surface area contributed by atoms with E-state index in [4.69, 9.17) is 4.74 Å². The smallest absolute Gasteiger partial charge is 0.338 e. The first kappa shape index (κ1) is 22.3. The number of hydrogen-bond acceptors (Lipinski definition) is 7. The zero-order valence-corrected chi connectivity index (χ0v) is 19.3. The van der Waals surface area contributed by atoms with Gasteiger partial charge in [-0.2, -0.15) is 0 Å². The van der Waals surface area contributed by atoms with Gasteiger partial charge in [-0.3, -0.25) is 4.79 Å². The van der Waals surface area contributed by atoms with Gasteiger partial charge in [-0.25, -0.2) is 14.2 Å². The number of thioether (sulfide) groups is 1. The summed E-state index contributed by atoms with van der Waals surface area (Å²) in [6.45, 7) is 2.28. The lowest BCUT2D eigenvalue weighted by Gasteiger charge is -2.36. The van der Waals surface area contributed by atoms with Crippen molar-refractivity contribution < 1.29 is 18.7 Å². The number of carbonyl (C=O) groups excluding carboxylic acids is 2. The third-order valence-electron chi connectivity index (χ3n) is 5.19. The molecule has 2 aliphatic rings. The van der Waals surface area contributed by atoms with Crippen LogP contribution in [0.2, 0.25) is 0 Å². The number of aliphatic imine (C=N–C) groups is 1. The first-order valence-corrected chi connectivity index (χ1v) is 11.8. The first-order chi connectivity index (χ1) is 15.5. The standard InChI is InChI=1S/C23H22FN3O3S2/c1-14-20(22(29)30-2)21(15-5-3-6-16(24)11-15)27-17(13-32-23(27)26-14)12-19(28)25-9-8-18-7-4-10-31-18/h3-7,10-11,13,21H,8-9,12H2,1-2H3,(H,25,28)/t21-/m1/s1. The van der Waals surface area contributed by atoms with Gasteiger partial charge in [0.05, 0.1) is 30.8 Å². The van der Waals surface area contributed by atoms with E-state index in [1.54, 1.807) is 30.4 Å². The van der Waals surface area contributed by atoms with E-state index in [1.807, 2.05) is 27.8 Å². The number of benzene rings is 1. The number of nitrogens with zero attached hydrogens (tertiary/aromatic N) is 2. The summed E-state index contributed by atoms with van der Waals surface area (Å²) in [5.74, 6) is -1.06. The molecule has 1 N–H and O–H groups in total. The Morgan fingerprint density at radius 2 is 2.12 bits per heavy atom. The highest BCUT2D eigenvalue weighted by Gasteiger charge is 2.41. The maximum absolute atomic E-state index is 14.1. The average Bonchev–Trinajstić information content (AvgIpc) is 3.42. The maximum atomic E-state index is 14.1. The molecule has 9 heteroatoms. The summed E-state index contributed by atoms with van der Waals surface area (Å²) < 4.78 is 19.1. The third kappa shape index (κ3) is 4.63. The number of amides is 1. The summed E-state index contributed by atoms with van der Waals surface area (Å²) in [4.78, 5) is 32.9. The second kappa shape index (κ2) is 9.70. The van der Waals surface area contributed by atoms with E-state index in [0.717, 1.165) is 6.42 Å². The predicted molar refractivity (Wildman–Crippen MR) is 124 cm³/mol. The predicted octanol–water partition coefficient (Wildman–Crippen LogP) is 4.38. The lowest BCUT2D eigenvalue weighted by molar-refractivity contribution is -0.136. The molecule has 1 atom stereocenters. The molecule has 0 unspecified atom stereocenters. The van der Waals surface area contributed by atoms with E-state index in [0.29, 0.717) is 34.2 Å². The number of rotatable bonds is 7. The van der Waals surface area contributed by atoms with Crippen LogP contribution in [-0.4, -0.2) is 35.6 Å². The van der Waals surface area contributed by atoms with Crippen LogP contribution in [0.15, 0.2) is 69.1 Å². The number of thiophene rings is 1. The molecule has 3 heterocycles. The lowest BCUT2D eigenvalue weighted by atomic mass is 9.94. The van der Waals surface area contributed by atoms with Crippen LogP contribution in [0.4, 0.5) is 4.39 Å². The normalized spacial score (nSPS) is 17.6. The van der Waals surface area contributed by atoms with Crippen molar-refractivity contribution in [2.75, 3.05) is 13.7 Å². The molecular formula is C23H22FN3O3S2. The van der Waals surface area contributed by atoms with Crippen LogP contribution in [0.3, 0.4) is 0 Å². The van der Waals surface area contributed by atoms with Crippen LogP contribution < -0.4 is 5.32 Å². The summed E-state index contributed by atoms with van der Waals surface area (Å²) in [5.41, 5.74) is 2.13. The Kier molecular flexibility index (Phi) is 6.76. The molecule has 0 saturated carbocycles. The molecule has 4 rings (SSSR count). The molecule has 1 aromatic carbocycles. The Hall–Kier alpha value is -2.91. The minimum absolute atomic E-state index is 0.121. The lowest BCUT2D eigenvalue weighted by Crippen LogP contribution is -2.38. The molecule has 2 aliphatic heterocycles. The SMILES string of the molecule is COC(=O)C1=C(C)N=C2SC=C(CC(=O)NCCc3cccs3)N2[C@@H]1c1cccc(F)c1. The van der Waals surface area contributed by atoms with Gasteiger partial charge in [-0.1, -0.05) is 30.0 Å². The van der Waals surface area contributed by atoms with Gasteiger partial charge in [0.2, 0.25) is 5.91 Å². The summed E-state index contributed by atoms with van der Waals surface area (Å²) in [6, 6.07) is 9.50. The molecule has 0 radical (unpaired) electrons. The topological polar surface area (TPSA) is 71.0 Å². The van der Waals surface area contributed by atoms with Crippen LogP contribution in [0.25, 0.3) is 0 Å². The van der Waals surface area contributed by atoms with E-state index in [9.17, 15) is 14.0 Å². The van der Waals surface area contributed by atoms with E-state index in [2.05, 4.69) is 10.3 Å². The third-order valence-corrected chi connectivity index (χ3v) is 7.01. The fourth-order valence-electron chi connectivity index (χ4n) is 3.74. The van der Waals surface area contributed by atoms with Crippen LogP contribution >= 0.6 is 23.1 Å². The van der Waals surface area contributed by atoms with Gasteiger partial charge in [-0.15, -0.1) is 11.3 Å². The van der Waals surface area contributed by atoms with Crippen LogP contribution in [0, 0.1) is 5.82 Å². The number of halogens is 1. The summed E-state index contributed by atoms with van der Waals surface area (Å²) in [7, 11) is 1.31. The molecule has 166 valence electrons. The molecule has 0 fully saturated rings. The van der Waals surface area contributed by atoms with E-state index in [-0.39, 0.29) is 12.3 Å². The fraction of sp³-hybridized carbons (Fsp3) is 0.261. The van der Waals surface area contributed by atoms with Crippen molar-refractivity contribution in [1.29, 1.82) is 0 Å². The molecule has 0 spiro atoms. The van der Waals surface area contributed by atoms with E-state index < -0.39 is 17.8 Å². The Morgan fingerprint density at radius 3 is 2.84 bits per heavy atom. The van der Waals surface area contributed by atoms with Gasteiger partial charge in [0.15, 0.2) is 5.17 Å². The molecule has 32 heavy (non-hydrogen) atoms. The van der Waals surface area contributed by atoms with Crippen LogP contribution in [0.5, 0.6) is 0 Å². The zero-order valence-electron chi connectivity index (χ0n) is 17.6. The molecule has 0 saturated heterocycles. The van der Waals surface area contributed by atoms with E-state index in [1.165, 1.54) is 35.9 Å². The molecule has 6 nitrogen and oxygen atoms in total. The number of hydrogen-bond donors (Lipinski definition) is 1. The molecular weight excluding hydrogens is 449 g/mol. The Balaban J connectivity index is 1.57. The van der Waals surface area contributed by atoms with Crippen molar-refractivity contribution in [3.63, 3.8) is 0 Å². The van der Waals surface area contributed by atoms with Gasteiger partial charge in [0, 0.05) is 17.1 Å². The number of carbonyl (C=O) groups is 2. The maximum Gasteiger partial charge on any atom is 0.338 e.